The zero-order valence-corrected chi connectivity index (χ0v) is 14.0. The van der Waals surface area contributed by atoms with Crippen LogP contribution in [0.15, 0.2) is 48.0 Å². The van der Waals surface area contributed by atoms with Crippen LogP contribution in [0.5, 0.6) is 0 Å². The molecule has 25 heavy (non-hydrogen) atoms. The van der Waals surface area contributed by atoms with Crippen LogP contribution in [-0.4, -0.2) is 35.5 Å². The van der Waals surface area contributed by atoms with Crippen molar-refractivity contribution in [3.8, 4) is 0 Å². The lowest BCUT2D eigenvalue weighted by molar-refractivity contribution is -0.142. The Hall–Kier alpha value is -3.15. The molecular formula is C19H18N2O4. The lowest BCUT2D eigenvalue weighted by Gasteiger charge is -2.12. The molecule has 6 heteroatoms. The van der Waals surface area contributed by atoms with Gasteiger partial charge in [-0.05, 0) is 30.7 Å². The molecule has 1 atom stereocenters. The molecule has 1 amide bonds. The van der Waals surface area contributed by atoms with Crippen LogP contribution < -0.4 is 5.32 Å². The lowest BCUT2D eigenvalue weighted by atomic mass is 10.1. The summed E-state index contributed by atoms with van der Waals surface area (Å²) < 4.78 is 5.96. The second-order valence-electron chi connectivity index (χ2n) is 5.83. The first-order chi connectivity index (χ1) is 12.0. The highest BCUT2D eigenvalue weighted by atomic mass is 16.5. The van der Waals surface area contributed by atoms with Crippen LogP contribution >= 0.6 is 0 Å². The van der Waals surface area contributed by atoms with E-state index in [0.29, 0.717) is 17.7 Å². The summed E-state index contributed by atoms with van der Waals surface area (Å²) in [6, 6.07) is 12.2. The quantitative estimate of drug-likeness (QED) is 0.847. The topological polar surface area (TPSA) is 77.4 Å². The summed E-state index contributed by atoms with van der Waals surface area (Å²) in [7, 11) is 1.25. The third-order valence-electron chi connectivity index (χ3n) is 4.08. The van der Waals surface area contributed by atoms with Gasteiger partial charge in [0, 0.05) is 17.7 Å². The Kier molecular flexibility index (Phi) is 4.52. The number of methoxy groups -OCH3 is 1. The minimum absolute atomic E-state index is 0.204. The fraction of sp³-hybridized carbons (Fsp3) is 0.211. The molecule has 3 rings (SSSR count). The van der Waals surface area contributed by atoms with E-state index in [9.17, 15) is 14.4 Å². The molecule has 0 bridgehead atoms. The summed E-state index contributed by atoms with van der Waals surface area (Å²) in [6.07, 6.45) is 2.29. The molecular weight excluding hydrogens is 320 g/mol. The number of carbonyl (C=O) groups excluding carboxylic acids is 3. The molecule has 6 nitrogen and oxygen atoms in total. The number of nitrogens with one attached hydrogen (secondary N) is 1. The third kappa shape index (κ3) is 3.24. The number of rotatable bonds is 5. The minimum Gasteiger partial charge on any atom is -0.467 e. The normalized spacial score (nSPS) is 13.8. The van der Waals surface area contributed by atoms with Crippen LogP contribution in [0.2, 0.25) is 0 Å². The van der Waals surface area contributed by atoms with Gasteiger partial charge in [0.2, 0.25) is 0 Å². The maximum Gasteiger partial charge on any atom is 0.328 e. The number of hydrogen-bond acceptors (Lipinski definition) is 4. The van der Waals surface area contributed by atoms with Crippen LogP contribution in [0.25, 0.3) is 6.08 Å². The molecule has 1 aliphatic heterocycles. The van der Waals surface area contributed by atoms with Crippen LogP contribution in [0, 0.1) is 0 Å². The van der Waals surface area contributed by atoms with Gasteiger partial charge < -0.3 is 10.1 Å². The molecule has 1 aromatic carbocycles. The number of hydrogen-bond donors (Lipinski definition) is 1. The smallest absolute Gasteiger partial charge is 0.328 e. The van der Waals surface area contributed by atoms with Crippen molar-refractivity contribution < 1.29 is 19.1 Å². The Morgan fingerprint density at radius 1 is 1.16 bits per heavy atom. The van der Waals surface area contributed by atoms with Crippen LogP contribution in [0.4, 0.5) is 0 Å². The maximum atomic E-state index is 12.7. The highest BCUT2D eigenvalue weighted by Crippen LogP contribution is 2.25. The molecule has 0 saturated carbocycles. The average molecular weight is 338 g/mol. The largest absolute Gasteiger partial charge is 0.467 e. The molecule has 0 fully saturated rings. The second kappa shape index (κ2) is 6.76. The molecule has 0 spiro atoms. The first-order valence-corrected chi connectivity index (χ1v) is 7.91. The predicted octanol–water partition coefficient (Wildman–Crippen LogP) is 2.06. The molecule has 2 aromatic rings. The molecule has 0 saturated heterocycles. The van der Waals surface area contributed by atoms with Gasteiger partial charge in [-0.25, -0.2) is 4.79 Å². The van der Waals surface area contributed by atoms with Crippen molar-refractivity contribution in [1.29, 1.82) is 0 Å². The first kappa shape index (κ1) is 16.7. The number of aromatic nitrogens is 1. The average Bonchev–Trinajstić information content (AvgIpc) is 3.16. The molecule has 1 N–H and O–H groups in total. The van der Waals surface area contributed by atoms with Crippen molar-refractivity contribution >= 4 is 23.9 Å². The van der Waals surface area contributed by atoms with Gasteiger partial charge in [-0.3, -0.25) is 14.2 Å². The SMILES string of the molecule is COC(=O)[C@H](C)NC(=O)c1ccc2n1C(=O)C(Cc1ccccc1)=C2. The Labute approximate surface area is 145 Å². The number of esters is 1. The number of fused-ring (bicyclic) bond motifs is 1. The van der Waals surface area contributed by atoms with Crippen LogP contribution in [0.1, 0.15) is 33.5 Å². The van der Waals surface area contributed by atoms with Crippen molar-refractivity contribution in [2.45, 2.75) is 19.4 Å². The van der Waals surface area contributed by atoms with Gasteiger partial charge in [0.15, 0.2) is 0 Å². The van der Waals surface area contributed by atoms with Crippen molar-refractivity contribution in [2.75, 3.05) is 7.11 Å². The minimum atomic E-state index is -0.795. The molecule has 2 heterocycles. The summed E-state index contributed by atoms with van der Waals surface area (Å²) in [6.45, 7) is 1.53. The number of ether oxygens (including phenoxy) is 1. The van der Waals surface area contributed by atoms with Crippen molar-refractivity contribution in [2.24, 2.45) is 0 Å². The molecule has 1 aliphatic rings. The summed E-state index contributed by atoms with van der Waals surface area (Å²) in [5.74, 6) is -1.26. The van der Waals surface area contributed by atoms with Crippen molar-refractivity contribution in [3.63, 3.8) is 0 Å². The van der Waals surface area contributed by atoms with Gasteiger partial charge in [0.25, 0.3) is 11.8 Å². The monoisotopic (exact) mass is 338 g/mol. The van der Waals surface area contributed by atoms with Crippen molar-refractivity contribution in [3.05, 3.63) is 65.0 Å². The maximum absolute atomic E-state index is 12.7. The van der Waals surface area contributed by atoms with Gasteiger partial charge in [0.1, 0.15) is 11.7 Å². The summed E-state index contributed by atoms with van der Waals surface area (Å²) >= 11 is 0. The summed E-state index contributed by atoms with van der Waals surface area (Å²) in [5, 5.41) is 2.54. The van der Waals surface area contributed by atoms with Crippen LogP contribution in [0.3, 0.4) is 0 Å². The second-order valence-corrected chi connectivity index (χ2v) is 5.83. The predicted molar refractivity (Wildman–Crippen MR) is 92.1 cm³/mol. The van der Waals surface area contributed by atoms with Gasteiger partial charge in [0.05, 0.1) is 7.11 Å². The molecule has 1 aromatic heterocycles. The van der Waals surface area contributed by atoms with E-state index in [2.05, 4.69) is 10.1 Å². The number of nitrogens with zero attached hydrogens (tertiary/aromatic N) is 1. The summed E-state index contributed by atoms with van der Waals surface area (Å²) in [4.78, 5) is 36.5. The van der Waals surface area contributed by atoms with Gasteiger partial charge in [-0.2, -0.15) is 0 Å². The van der Waals surface area contributed by atoms with E-state index in [0.717, 1.165) is 5.56 Å². The van der Waals surface area contributed by atoms with E-state index in [1.165, 1.54) is 18.6 Å². The highest BCUT2D eigenvalue weighted by Gasteiger charge is 2.28. The fourth-order valence-electron chi connectivity index (χ4n) is 2.80. The van der Waals surface area contributed by atoms with Gasteiger partial charge in [-0.1, -0.05) is 30.3 Å². The third-order valence-corrected chi connectivity index (χ3v) is 4.08. The number of allylic oxidation sites excluding steroid dienone is 1. The molecule has 0 unspecified atom stereocenters. The van der Waals surface area contributed by atoms with Crippen molar-refractivity contribution in [1.82, 2.24) is 9.88 Å². The number of carbonyl (C=O) groups is 3. The number of amides is 1. The van der Waals surface area contributed by atoms with E-state index in [1.807, 2.05) is 30.3 Å². The molecule has 128 valence electrons. The Morgan fingerprint density at radius 2 is 1.88 bits per heavy atom. The number of benzene rings is 1. The van der Waals surface area contributed by atoms with Gasteiger partial charge in [-0.15, -0.1) is 0 Å². The van der Waals surface area contributed by atoms with E-state index in [4.69, 9.17) is 0 Å². The van der Waals surface area contributed by atoms with Crippen LogP contribution in [-0.2, 0) is 16.0 Å². The summed E-state index contributed by atoms with van der Waals surface area (Å²) in [5.41, 5.74) is 2.51. The fourth-order valence-corrected chi connectivity index (χ4v) is 2.80. The molecule has 0 aliphatic carbocycles. The highest BCUT2D eigenvalue weighted by molar-refractivity contribution is 6.09. The van der Waals surface area contributed by atoms with E-state index >= 15 is 0 Å². The standard InChI is InChI=1S/C19H18N2O4/c1-12(19(24)25-2)20-17(22)16-9-8-15-11-14(18(23)21(15)16)10-13-6-4-3-5-7-13/h3-9,11-12H,10H2,1-2H3,(H,20,22)/t12-/m0/s1. The first-order valence-electron chi connectivity index (χ1n) is 7.91. The molecule has 0 radical (unpaired) electrons. The van der Waals surface area contributed by atoms with Gasteiger partial charge >= 0.3 is 5.97 Å². The van der Waals surface area contributed by atoms with E-state index < -0.39 is 17.9 Å². The Morgan fingerprint density at radius 3 is 2.56 bits per heavy atom. The van der Waals surface area contributed by atoms with E-state index in [1.54, 1.807) is 18.2 Å². The van der Waals surface area contributed by atoms with E-state index in [-0.39, 0.29) is 11.6 Å². The zero-order valence-electron chi connectivity index (χ0n) is 14.0. The lowest BCUT2D eigenvalue weighted by Crippen LogP contribution is -2.40. The Bertz CT molecular complexity index is 865. The Balaban J connectivity index is 1.78. The zero-order chi connectivity index (χ0) is 18.0.